The average Bonchev–Trinajstić information content (AvgIpc) is 2.42. The van der Waals surface area contributed by atoms with E-state index in [1.807, 2.05) is 32.9 Å². The lowest BCUT2D eigenvalue weighted by atomic mass is 10.0. The van der Waals surface area contributed by atoms with E-state index in [1.165, 1.54) is 0 Å². The van der Waals surface area contributed by atoms with Crippen molar-refractivity contribution in [1.82, 2.24) is 15.2 Å². The van der Waals surface area contributed by atoms with Gasteiger partial charge in [0.2, 0.25) is 5.91 Å². The van der Waals surface area contributed by atoms with Gasteiger partial charge in [-0.25, -0.2) is 4.98 Å². The summed E-state index contributed by atoms with van der Waals surface area (Å²) in [5, 5.41) is 6.19. The van der Waals surface area contributed by atoms with Crippen LogP contribution in [0.25, 0.3) is 0 Å². The van der Waals surface area contributed by atoms with Crippen LogP contribution >= 0.6 is 0 Å². The maximum Gasteiger partial charge on any atom is 0.245 e. The van der Waals surface area contributed by atoms with E-state index in [-0.39, 0.29) is 5.91 Å². The molecular weight excluding hydrogens is 240 g/mol. The Morgan fingerprint density at radius 2 is 2.05 bits per heavy atom. The Balaban J connectivity index is 2.03. The highest BCUT2D eigenvalue weighted by atomic mass is 16.2. The van der Waals surface area contributed by atoms with Crippen molar-refractivity contribution in [3.63, 3.8) is 0 Å². The summed E-state index contributed by atoms with van der Waals surface area (Å²) in [7, 11) is 0. The SMILES string of the molecule is Cc1ccc(NC(=O)C(C)(C)N2CCNCC2)nc1. The van der Waals surface area contributed by atoms with Gasteiger partial charge in [-0.2, -0.15) is 0 Å². The van der Waals surface area contributed by atoms with E-state index in [2.05, 4.69) is 20.5 Å². The van der Waals surface area contributed by atoms with E-state index in [0.29, 0.717) is 5.82 Å². The van der Waals surface area contributed by atoms with Gasteiger partial charge in [-0.15, -0.1) is 0 Å². The van der Waals surface area contributed by atoms with E-state index in [1.54, 1.807) is 6.20 Å². The number of hydrogen-bond donors (Lipinski definition) is 2. The van der Waals surface area contributed by atoms with Crippen LogP contribution in [0.3, 0.4) is 0 Å². The molecule has 19 heavy (non-hydrogen) atoms. The number of hydrogen-bond acceptors (Lipinski definition) is 4. The molecule has 1 aliphatic rings. The molecule has 1 amide bonds. The number of aryl methyl sites for hydroxylation is 1. The predicted octanol–water partition coefficient (Wildman–Crippen LogP) is 1.01. The summed E-state index contributed by atoms with van der Waals surface area (Å²) in [6, 6.07) is 3.78. The molecule has 0 saturated carbocycles. The summed E-state index contributed by atoms with van der Waals surface area (Å²) < 4.78 is 0. The van der Waals surface area contributed by atoms with Crippen LogP contribution in [-0.2, 0) is 4.79 Å². The smallest absolute Gasteiger partial charge is 0.245 e. The van der Waals surface area contributed by atoms with E-state index in [0.717, 1.165) is 31.7 Å². The Labute approximate surface area is 114 Å². The Hall–Kier alpha value is -1.46. The molecule has 0 aliphatic carbocycles. The van der Waals surface area contributed by atoms with E-state index < -0.39 is 5.54 Å². The number of amides is 1. The number of carbonyl (C=O) groups is 1. The molecular formula is C14H22N4O. The van der Waals surface area contributed by atoms with Crippen molar-refractivity contribution in [3.8, 4) is 0 Å². The quantitative estimate of drug-likeness (QED) is 0.853. The lowest BCUT2D eigenvalue weighted by Crippen LogP contribution is -2.58. The minimum atomic E-state index is -0.519. The van der Waals surface area contributed by atoms with Gasteiger partial charge in [-0.3, -0.25) is 9.69 Å². The van der Waals surface area contributed by atoms with Crippen LogP contribution in [0.4, 0.5) is 5.82 Å². The first-order chi connectivity index (χ1) is 9.00. The molecule has 0 unspecified atom stereocenters. The van der Waals surface area contributed by atoms with Gasteiger partial charge in [0, 0.05) is 32.4 Å². The molecule has 0 bridgehead atoms. The fraction of sp³-hybridized carbons (Fsp3) is 0.571. The van der Waals surface area contributed by atoms with Crippen molar-refractivity contribution in [2.24, 2.45) is 0 Å². The first-order valence-electron chi connectivity index (χ1n) is 6.70. The third kappa shape index (κ3) is 3.30. The molecule has 2 rings (SSSR count). The Morgan fingerprint density at radius 1 is 1.37 bits per heavy atom. The number of aromatic nitrogens is 1. The van der Waals surface area contributed by atoms with Gasteiger partial charge < -0.3 is 10.6 Å². The van der Waals surface area contributed by atoms with Gasteiger partial charge in [0.15, 0.2) is 0 Å². The van der Waals surface area contributed by atoms with Gasteiger partial charge in [0.25, 0.3) is 0 Å². The molecule has 0 radical (unpaired) electrons. The first kappa shape index (κ1) is 14.0. The molecule has 1 aliphatic heterocycles. The zero-order valence-electron chi connectivity index (χ0n) is 11.9. The fourth-order valence-corrected chi connectivity index (χ4v) is 2.18. The standard InChI is InChI=1S/C14H22N4O/c1-11-4-5-12(16-10-11)17-13(19)14(2,3)18-8-6-15-7-9-18/h4-5,10,15H,6-9H2,1-3H3,(H,16,17,19). The molecule has 1 aromatic rings. The second-order valence-corrected chi connectivity index (χ2v) is 5.47. The van der Waals surface area contributed by atoms with Gasteiger partial charge >= 0.3 is 0 Å². The first-order valence-corrected chi connectivity index (χ1v) is 6.70. The number of piperazine rings is 1. The van der Waals surface area contributed by atoms with Gasteiger partial charge in [0.05, 0.1) is 5.54 Å². The lowest BCUT2D eigenvalue weighted by Gasteiger charge is -2.39. The van der Waals surface area contributed by atoms with Crippen molar-refractivity contribution in [3.05, 3.63) is 23.9 Å². The summed E-state index contributed by atoms with van der Waals surface area (Å²) >= 11 is 0. The van der Waals surface area contributed by atoms with Crippen LogP contribution < -0.4 is 10.6 Å². The summed E-state index contributed by atoms with van der Waals surface area (Å²) in [6.07, 6.45) is 1.76. The van der Waals surface area contributed by atoms with Crippen molar-refractivity contribution >= 4 is 11.7 Å². The normalized spacial score (nSPS) is 17.2. The Kier molecular flexibility index (Phi) is 4.17. The number of rotatable bonds is 3. The second kappa shape index (κ2) is 5.67. The molecule has 104 valence electrons. The van der Waals surface area contributed by atoms with E-state index in [9.17, 15) is 4.79 Å². The van der Waals surface area contributed by atoms with Crippen molar-refractivity contribution in [2.75, 3.05) is 31.5 Å². The van der Waals surface area contributed by atoms with Crippen molar-refractivity contribution < 1.29 is 4.79 Å². The van der Waals surface area contributed by atoms with Gasteiger partial charge in [-0.1, -0.05) is 6.07 Å². The highest BCUT2D eigenvalue weighted by Gasteiger charge is 2.35. The van der Waals surface area contributed by atoms with E-state index in [4.69, 9.17) is 0 Å². The Bertz CT molecular complexity index is 435. The molecule has 2 heterocycles. The molecule has 1 aromatic heterocycles. The third-order valence-electron chi connectivity index (χ3n) is 3.62. The number of pyridine rings is 1. The van der Waals surface area contributed by atoms with Gasteiger partial charge in [0.1, 0.15) is 5.82 Å². The monoisotopic (exact) mass is 262 g/mol. The zero-order valence-corrected chi connectivity index (χ0v) is 11.9. The highest BCUT2D eigenvalue weighted by molar-refractivity contribution is 5.96. The second-order valence-electron chi connectivity index (χ2n) is 5.47. The summed E-state index contributed by atoms with van der Waals surface area (Å²) in [5.74, 6) is 0.601. The lowest BCUT2D eigenvalue weighted by molar-refractivity contribution is -0.126. The summed E-state index contributed by atoms with van der Waals surface area (Å²) in [6.45, 7) is 9.54. The molecule has 1 saturated heterocycles. The van der Waals surface area contributed by atoms with Crippen LogP contribution in [-0.4, -0.2) is 47.5 Å². The Morgan fingerprint density at radius 3 is 2.63 bits per heavy atom. The minimum absolute atomic E-state index is 0.00856. The molecule has 0 spiro atoms. The molecule has 5 nitrogen and oxygen atoms in total. The number of anilines is 1. The summed E-state index contributed by atoms with van der Waals surface area (Å²) in [5.41, 5.74) is 0.564. The fourth-order valence-electron chi connectivity index (χ4n) is 2.18. The molecule has 2 N–H and O–H groups in total. The number of carbonyl (C=O) groups excluding carboxylic acids is 1. The maximum atomic E-state index is 12.4. The average molecular weight is 262 g/mol. The molecule has 0 atom stereocenters. The van der Waals surface area contributed by atoms with Crippen LogP contribution in [0.2, 0.25) is 0 Å². The van der Waals surface area contributed by atoms with Crippen molar-refractivity contribution in [1.29, 1.82) is 0 Å². The van der Waals surface area contributed by atoms with Crippen LogP contribution in [0.5, 0.6) is 0 Å². The van der Waals surface area contributed by atoms with Gasteiger partial charge in [-0.05, 0) is 32.4 Å². The topological polar surface area (TPSA) is 57.3 Å². The van der Waals surface area contributed by atoms with Crippen LogP contribution in [0.1, 0.15) is 19.4 Å². The predicted molar refractivity (Wildman–Crippen MR) is 76.1 cm³/mol. The highest BCUT2D eigenvalue weighted by Crippen LogP contribution is 2.17. The van der Waals surface area contributed by atoms with E-state index >= 15 is 0 Å². The van der Waals surface area contributed by atoms with Crippen LogP contribution in [0.15, 0.2) is 18.3 Å². The summed E-state index contributed by atoms with van der Waals surface area (Å²) in [4.78, 5) is 18.8. The zero-order chi connectivity index (χ0) is 13.9. The molecule has 0 aromatic carbocycles. The largest absolute Gasteiger partial charge is 0.314 e. The maximum absolute atomic E-state index is 12.4. The number of nitrogens with one attached hydrogen (secondary N) is 2. The number of nitrogens with zero attached hydrogens (tertiary/aromatic N) is 2. The molecule has 1 fully saturated rings. The molecule has 5 heteroatoms. The van der Waals surface area contributed by atoms with Crippen molar-refractivity contribution in [2.45, 2.75) is 26.3 Å². The third-order valence-corrected chi connectivity index (χ3v) is 3.62. The minimum Gasteiger partial charge on any atom is -0.314 e. The van der Waals surface area contributed by atoms with Crippen LogP contribution in [0, 0.1) is 6.92 Å².